The molecule has 0 aromatic carbocycles. The minimum absolute atomic E-state index is 0.0328. The zero-order valence-electron chi connectivity index (χ0n) is 13.2. The van der Waals surface area contributed by atoms with E-state index in [4.69, 9.17) is 9.26 Å². The normalized spacial score (nSPS) is 38.0. The van der Waals surface area contributed by atoms with Crippen LogP contribution in [-0.4, -0.2) is 17.3 Å². The Labute approximate surface area is 125 Å². The molecule has 1 aromatic heterocycles. The second kappa shape index (κ2) is 4.81. The fourth-order valence-electron chi connectivity index (χ4n) is 3.87. The molecule has 0 aliphatic heterocycles. The van der Waals surface area contributed by atoms with Crippen LogP contribution in [-0.2, 0) is 10.3 Å². The molecule has 5 nitrogen and oxygen atoms in total. The molecule has 0 spiro atoms. The highest BCUT2D eigenvalue weighted by molar-refractivity contribution is 5.26. The van der Waals surface area contributed by atoms with Crippen molar-refractivity contribution in [2.24, 2.45) is 17.3 Å². The van der Waals surface area contributed by atoms with E-state index in [1.807, 2.05) is 0 Å². The van der Waals surface area contributed by atoms with Crippen LogP contribution >= 0.6 is 0 Å². The van der Waals surface area contributed by atoms with Gasteiger partial charge in [0.25, 0.3) is 0 Å². The highest BCUT2D eigenvalue weighted by Gasteiger charge is 2.62. The second-order valence-corrected chi connectivity index (χ2v) is 7.26. The molecule has 21 heavy (non-hydrogen) atoms. The Kier molecular flexibility index (Phi) is 3.32. The molecule has 0 saturated heterocycles. The summed E-state index contributed by atoms with van der Waals surface area (Å²) in [7, 11) is 1.73. The number of aromatic nitrogens is 2. The summed E-state index contributed by atoms with van der Waals surface area (Å²) in [6.07, 6.45) is 4.21. The largest absolute Gasteiger partial charge is 0.370 e. The quantitative estimate of drug-likeness (QED) is 0.853. The summed E-state index contributed by atoms with van der Waals surface area (Å²) in [6.45, 7) is 6.39. The molecule has 2 aliphatic carbocycles. The van der Waals surface area contributed by atoms with Crippen molar-refractivity contribution in [2.45, 2.75) is 58.0 Å². The highest BCUT2D eigenvalue weighted by atomic mass is 16.5. The van der Waals surface area contributed by atoms with Crippen molar-refractivity contribution in [1.29, 1.82) is 5.26 Å². The van der Waals surface area contributed by atoms with Gasteiger partial charge in [-0.05, 0) is 30.6 Å². The van der Waals surface area contributed by atoms with Crippen LogP contribution in [0.3, 0.4) is 0 Å². The van der Waals surface area contributed by atoms with Crippen LogP contribution in [0.4, 0.5) is 0 Å². The molecule has 5 heteroatoms. The van der Waals surface area contributed by atoms with Crippen molar-refractivity contribution >= 4 is 0 Å². The molecule has 2 saturated carbocycles. The SMILES string of the molecule is COC1(c2noc(C3C(C#N)C3(C)C)n2)CCCC(C)C1. The van der Waals surface area contributed by atoms with Gasteiger partial charge in [-0.3, -0.25) is 0 Å². The maximum atomic E-state index is 9.20. The van der Waals surface area contributed by atoms with Gasteiger partial charge in [0.1, 0.15) is 5.60 Å². The average Bonchev–Trinajstić information content (AvgIpc) is 2.81. The second-order valence-electron chi connectivity index (χ2n) is 7.26. The average molecular weight is 289 g/mol. The van der Waals surface area contributed by atoms with Crippen LogP contribution in [0.25, 0.3) is 0 Å². The van der Waals surface area contributed by atoms with E-state index in [0.717, 1.165) is 19.3 Å². The van der Waals surface area contributed by atoms with Gasteiger partial charge in [-0.25, -0.2) is 0 Å². The molecule has 0 bridgehead atoms. The van der Waals surface area contributed by atoms with Gasteiger partial charge in [0.05, 0.1) is 17.9 Å². The van der Waals surface area contributed by atoms with Crippen LogP contribution in [0.15, 0.2) is 4.52 Å². The first-order chi connectivity index (χ1) is 9.94. The maximum absolute atomic E-state index is 9.20. The van der Waals surface area contributed by atoms with E-state index in [1.165, 1.54) is 6.42 Å². The van der Waals surface area contributed by atoms with E-state index < -0.39 is 5.60 Å². The Morgan fingerprint density at radius 3 is 2.76 bits per heavy atom. The van der Waals surface area contributed by atoms with Gasteiger partial charge >= 0.3 is 0 Å². The van der Waals surface area contributed by atoms with E-state index in [2.05, 4.69) is 37.0 Å². The summed E-state index contributed by atoms with van der Waals surface area (Å²) >= 11 is 0. The molecule has 1 aromatic rings. The number of rotatable bonds is 3. The minimum Gasteiger partial charge on any atom is -0.370 e. The summed E-state index contributed by atoms with van der Waals surface area (Å²) in [4.78, 5) is 4.61. The summed E-state index contributed by atoms with van der Waals surface area (Å²) in [5, 5.41) is 13.4. The van der Waals surface area contributed by atoms with Crippen LogP contribution in [0.5, 0.6) is 0 Å². The summed E-state index contributed by atoms with van der Waals surface area (Å²) in [5.74, 6) is 1.88. The monoisotopic (exact) mass is 289 g/mol. The first kappa shape index (κ1) is 14.5. The van der Waals surface area contributed by atoms with E-state index in [-0.39, 0.29) is 17.3 Å². The van der Waals surface area contributed by atoms with Crippen LogP contribution in [0, 0.1) is 28.6 Å². The molecule has 0 radical (unpaired) electrons. The first-order valence-electron chi connectivity index (χ1n) is 7.73. The Morgan fingerprint density at radius 1 is 1.43 bits per heavy atom. The number of ether oxygens (including phenoxy) is 1. The number of hydrogen-bond donors (Lipinski definition) is 0. The van der Waals surface area contributed by atoms with Crippen LogP contribution in [0.2, 0.25) is 0 Å². The number of methoxy groups -OCH3 is 1. The zero-order chi connectivity index (χ0) is 15.3. The van der Waals surface area contributed by atoms with Crippen LogP contribution in [0.1, 0.15) is 64.1 Å². The maximum Gasteiger partial charge on any atom is 0.231 e. The van der Waals surface area contributed by atoms with Gasteiger partial charge in [0.15, 0.2) is 0 Å². The topological polar surface area (TPSA) is 71.9 Å². The molecule has 2 aliphatic rings. The molecule has 0 amide bonds. The molecule has 4 unspecified atom stereocenters. The number of hydrogen-bond acceptors (Lipinski definition) is 5. The minimum atomic E-state index is -0.416. The fraction of sp³-hybridized carbons (Fsp3) is 0.812. The molecular formula is C16H23N3O2. The third-order valence-corrected chi connectivity index (χ3v) is 5.43. The lowest BCUT2D eigenvalue weighted by Gasteiger charge is -2.36. The van der Waals surface area contributed by atoms with Crippen molar-refractivity contribution in [2.75, 3.05) is 7.11 Å². The fourth-order valence-corrected chi connectivity index (χ4v) is 3.87. The smallest absolute Gasteiger partial charge is 0.231 e. The van der Waals surface area contributed by atoms with Crippen LogP contribution < -0.4 is 0 Å². The summed E-state index contributed by atoms with van der Waals surface area (Å²) in [5.41, 5.74) is -0.487. The van der Waals surface area contributed by atoms with Gasteiger partial charge in [0.2, 0.25) is 11.7 Å². The lowest BCUT2D eigenvalue weighted by atomic mass is 9.78. The Bertz CT molecular complexity index is 574. The Morgan fingerprint density at radius 2 is 2.19 bits per heavy atom. The van der Waals surface area contributed by atoms with Gasteiger partial charge in [-0.15, -0.1) is 0 Å². The van der Waals surface area contributed by atoms with E-state index >= 15 is 0 Å². The molecule has 1 heterocycles. The molecule has 3 rings (SSSR count). The van der Waals surface area contributed by atoms with E-state index in [1.54, 1.807) is 7.11 Å². The molecular weight excluding hydrogens is 266 g/mol. The standard InChI is InChI=1S/C16H23N3O2/c1-10-6-5-7-16(8-10,20-4)14-18-13(21-19-14)12-11(9-17)15(12,2)3/h10-12H,5-8H2,1-4H3. The number of nitrogens with zero attached hydrogens (tertiary/aromatic N) is 3. The lowest BCUT2D eigenvalue weighted by molar-refractivity contribution is -0.0658. The highest BCUT2D eigenvalue weighted by Crippen LogP contribution is 2.63. The molecule has 4 atom stereocenters. The molecule has 0 N–H and O–H groups in total. The molecule has 2 fully saturated rings. The van der Waals surface area contributed by atoms with Gasteiger partial charge in [0, 0.05) is 7.11 Å². The Balaban J connectivity index is 1.87. The third-order valence-electron chi connectivity index (χ3n) is 5.43. The van der Waals surface area contributed by atoms with Crippen molar-refractivity contribution < 1.29 is 9.26 Å². The lowest BCUT2D eigenvalue weighted by Crippen LogP contribution is -2.35. The summed E-state index contributed by atoms with van der Waals surface area (Å²) in [6, 6.07) is 2.34. The molecule has 114 valence electrons. The number of nitriles is 1. The van der Waals surface area contributed by atoms with E-state index in [0.29, 0.717) is 17.6 Å². The third kappa shape index (κ3) is 2.17. The van der Waals surface area contributed by atoms with Gasteiger partial charge in [-0.1, -0.05) is 32.3 Å². The summed E-state index contributed by atoms with van der Waals surface area (Å²) < 4.78 is 11.3. The zero-order valence-corrected chi connectivity index (χ0v) is 13.2. The predicted octanol–water partition coefficient (Wildman–Crippen LogP) is 3.38. The van der Waals surface area contributed by atoms with Crippen molar-refractivity contribution in [3.8, 4) is 6.07 Å². The predicted molar refractivity (Wildman–Crippen MR) is 76.2 cm³/mol. The first-order valence-corrected chi connectivity index (χ1v) is 7.73. The van der Waals surface area contributed by atoms with Crippen molar-refractivity contribution in [1.82, 2.24) is 10.1 Å². The van der Waals surface area contributed by atoms with Gasteiger partial charge < -0.3 is 9.26 Å². The van der Waals surface area contributed by atoms with E-state index in [9.17, 15) is 5.26 Å². The van der Waals surface area contributed by atoms with Gasteiger partial charge in [-0.2, -0.15) is 10.2 Å². The Hall–Kier alpha value is -1.41. The van der Waals surface area contributed by atoms with Crippen molar-refractivity contribution in [3.05, 3.63) is 11.7 Å². The van der Waals surface area contributed by atoms with Crippen molar-refractivity contribution in [3.63, 3.8) is 0 Å².